The van der Waals surface area contributed by atoms with Crippen LogP contribution in [0.1, 0.15) is 25.1 Å². The zero-order valence-corrected chi connectivity index (χ0v) is 6.87. The number of aromatic nitrogens is 2. The molecule has 11 heavy (non-hydrogen) atoms. The van der Waals surface area contributed by atoms with Gasteiger partial charge in [-0.2, -0.15) is 4.98 Å². The Kier molecular flexibility index (Phi) is 2.59. The molecule has 0 radical (unpaired) electrons. The molecule has 0 bridgehead atoms. The van der Waals surface area contributed by atoms with Crippen molar-refractivity contribution in [3.63, 3.8) is 0 Å². The minimum Gasteiger partial charge on any atom is -0.339 e. The first-order valence-electron chi connectivity index (χ1n) is 3.73. The maximum Gasteiger partial charge on any atom is 0.226 e. The molecule has 1 aromatic rings. The predicted molar refractivity (Wildman–Crippen MR) is 41.0 cm³/mol. The molecule has 0 saturated carbocycles. The van der Waals surface area contributed by atoms with Crippen molar-refractivity contribution in [2.75, 3.05) is 0 Å². The summed E-state index contributed by atoms with van der Waals surface area (Å²) in [6.45, 7) is 3.77. The highest BCUT2D eigenvalue weighted by Gasteiger charge is 2.03. The standard InChI is InChI=1S/C7H13N3O/c1-5(8)3-4-7-9-6(2)10-11-7/h5H,3-4,8H2,1-2H3. The van der Waals surface area contributed by atoms with E-state index in [4.69, 9.17) is 10.3 Å². The second-order valence-electron chi connectivity index (χ2n) is 2.75. The van der Waals surface area contributed by atoms with Crippen molar-refractivity contribution in [1.82, 2.24) is 10.1 Å². The fourth-order valence-corrected chi connectivity index (χ4v) is 0.793. The van der Waals surface area contributed by atoms with Crippen LogP contribution in [-0.2, 0) is 6.42 Å². The summed E-state index contributed by atoms with van der Waals surface area (Å²) in [5.74, 6) is 1.37. The van der Waals surface area contributed by atoms with Crippen LogP contribution in [0.2, 0.25) is 0 Å². The van der Waals surface area contributed by atoms with Gasteiger partial charge in [0.2, 0.25) is 5.89 Å². The smallest absolute Gasteiger partial charge is 0.226 e. The van der Waals surface area contributed by atoms with Crippen LogP contribution in [0.15, 0.2) is 4.52 Å². The molecule has 1 rings (SSSR count). The van der Waals surface area contributed by atoms with E-state index in [2.05, 4.69) is 10.1 Å². The monoisotopic (exact) mass is 155 g/mol. The summed E-state index contributed by atoms with van der Waals surface area (Å²) in [6.07, 6.45) is 1.67. The molecule has 4 nitrogen and oxygen atoms in total. The molecule has 0 amide bonds. The molecule has 1 unspecified atom stereocenters. The lowest BCUT2D eigenvalue weighted by Gasteiger charge is -1.98. The number of hydrogen-bond acceptors (Lipinski definition) is 4. The second-order valence-corrected chi connectivity index (χ2v) is 2.75. The molecule has 62 valence electrons. The molecule has 0 aromatic carbocycles. The van der Waals surface area contributed by atoms with Gasteiger partial charge in [-0.25, -0.2) is 0 Å². The fourth-order valence-electron chi connectivity index (χ4n) is 0.793. The minimum atomic E-state index is 0.196. The largest absolute Gasteiger partial charge is 0.339 e. The summed E-state index contributed by atoms with van der Waals surface area (Å²) >= 11 is 0. The maximum absolute atomic E-state index is 5.56. The van der Waals surface area contributed by atoms with Crippen molar-refractivity contribution in [1.29, 1.82) is 0 Å². The Labute approximate surface area is 65.8 Å². The summed E-state index contributed by atoms with van der Waals surface area (Å²) in [5, 5.41) is 3.67. The first kappa shape index (κ1) is 8.20. The van der Waals surface area contributed by atoms with Crippen molar-refractivity contribution in [2.24, 2.45) is 5.73 Å². The summed E-state index contributed by atoms with van der Waals surface area (Å²) in [5.41, 5.74) is 5.56. The van der Waals surface area contributed by atoms with Gasteiger partial charge in [0.05, 0.1) is 0 Å². The molecule has 0 aliphatic carbocycles. The van der Waals surface area contributed by atoms with Gasteiger partial charge < -0.3 is 10.3 Å². The van der Waals surface area contributed by atoms with Gasteiger partial charge in [-0.15, -0.1) is 0 Å². The Bertz CT molecular complexity index is 219. The van der Waals surface area contributed by atoms with Crippen LogP contribution in [0.5, 0.6) is 0 Å². The third kappa shape index (κ3) is 2.67. The number of nitrogens with zero attached hydrogens (tertiary/aromatic N) is 2. The Balaban J connectivity index is 2.39. The normalized spacial score (nSPS) is 13.4. The van der Waals surface area contributed by atoms with Gasteiger partial charge in [-0.1, -0.05) is 5.16 Å². The SMILES string of the molecule is Cc1noc(CCC(C)N)n1. The van der Waals surface area contributed by atoms with E-state index >= 15 is 0 Å². The summed E-state index contributed by atoms with van der Waals surface area (Å²) in [4.78, 5) is 4.05. The molecule has 1 heterocycles. The van der Waals surface area contributed by atoms with Gasteiger partial charge in [-0.3, -0.25) is 0 Å². The fraction of sp³-hybridized carbons (Fsp3) is 0.714. The Morgan fingerprint density at radius 1 is 1.64 bits per heavy atom. The van der Waals surface area contributed by atoms with Crippen molar-refractivity contribution in [3.05, 3.63) is 11.7 Å². The molecule has 0 spiro atoms. The lowest BCUT2D eigenvalue weighted by molar-refractivity contribution is 0.369. The van der Waals surface area contributed by atoms with Crippen molar-refractivity contribution < 1.29 is 4.52 Å². The van der Waals surface area contributed by atoms with E-state index in [1.165, 1.54) is 0 Å². The summed E-state index contributed by atoms with van der Waals surface area (Å²) in [7, 11) is 0. The van der Waals surface area contributed by atoms with Crippen LogP contribution in [0.4, 0.5) is 0 Å². The van der Waals surface area contributed by atoms with Gasteiger partial charge in [0.1, 0.15) is 0 Å². The molecule has 0 aliphatic rings. The highest BCUT2D eigenvalue weighted by Crippen LogP contribution is 2.00. The Morgan fingerprint density at radius 3 is 2.82 bits per heavy atom. The minimum absolute atomic E-state index is 0.196. The Hall–Kier alpha value is -0.900. The number of aryl methyl sites for hydroxylation is 2. The molecular formula is C7H13N3O. The zero-order chi connectivity index (χ0) is 8.27. The highest BCUT2D eigenvalue weighted by atomic mass is 16.5. The van der Waals surface area contributed by atoms with Crippen molar-refractivity contribution >= 4 is 0 Å². The van der Waals surface area contributed by atoms with Crippen molar-refractivity contribution in [3.8, 4) is 0 Å². The van der Waals surface area contributed by atoms with Gasteiger partial charge in [0, 0.05) is 12.5 Å². The van der Waals surface area contributed by atoms with E-state index in [0.717, 1.165) is 12.8 Å². The average Bonchev–Trinajstić information content (AvgIpc) is 2.31. The lowest BCUT2D eigenvalue weighted by Crippen LogP contribution is -2.15. The average molecular weight is 155 g/mol. The molecule has 0 aliphatic heterocycles. The first-order chi connectivity index (χ1) is 5.18. The number of hydrogen-bond donors (Lipinski definition) is 1. The molecule has 2 N–H and O–H groups in total. The quantitative estimate of drug-likeness (QED) is 0.696. The van der Waals surface area contributed by atoms with E-state index in [-0.39, 0.29) is 6.04 Å². The number of nitrogens with two attached hydrogens (primary N) is 1. The van der Waals surface area contributed by atoms with E-state index in [0.29, 0.717) is 11.7 Å². The van der Waals surface area contributed by atoms with Crippen LogP contribution in [0.3, 0.4) is 0 Å². The second kappa shape index (κ2) is 3.48. The third-order valence-electron chi connectivity index (χ3n) is 1.38. The van der Waals surface area contributed by atoms with E-state index in [9.17, 15) is 0 Å². The number of rotatable bonds is 3. The molecule has 1 aromatic heterocycles. The van der Waals surface area contributed by atoms with Gasteiger partial charge >= 0.3 is 0 Å². The maximum atomic E-state index is 5.56. The molecule has 1 atom stereocenters. The Morgan fingerprint density at radius 2 is 2.36 bits per heavy atom. The van der Waals surface area contributed by atoms with Crippen LogP contribution in [-0.4, -0.2) is 16.2 Å². The van der Waals surface area contributed by atoms with E-state index in [1.54, 1.807) is 6.92 Å². The van der Waals surface area contributed by atoms with Crippen LogP contribution < -0.4 is 5.73 Å². The zero-order valence-electron chi connectivity index (χ0n) is 6.87. The summed E-state index contributed by atoms with van der Waals surface area (Å²) in [6, 6.07) is 0.196. The van der Waals surface area contributed by atoms with Crippen LogP contribution >= 0.6 is 0 Å². The van der Waals surface area contributed by atoms with Gasteiger partial charge in [0.25, 0.3) is 0 Å². The van der Waals surface area contributed by atoms with Gasteiger partial charge in [-0.05, 0) is 20.3 Å². The molecule has 4 heteroatoms. The van der Waals surface area contributed by atoms with E-state index in [1.807, 2.05) is 6.92 Å². The predicted octanol–water partition coefficient (Wildman–Crippen LogP) is 0.658. The lowest BCUT2D eigenvalue weighted by atomic mass is 10.2. The van der Waals surface area contributed by atoms with Gasteiger partial charge in [0.15, 0.2) is 5.82 Å². The van der Waals surface area contributed by atoms with E-state index < -0.39 is 0 Å². The van der Waals surface area contributed by atoms with Crippen LogP contribution in [0.25, 0.3) is 0 Å². The molecule has 0 saturated heterocycles. The molecular weight excluding hydrogens is 142 g/mol. The summed E-state index contributed by atoms with van der Waals surface area (Å²) < 4.78 is 4.90. The molecule has 0 fully saturated rings. The van der Waals surface area contributed by atoms with Crippen molar-refractivity contribution in [2.45, 2.75) is 32.7 Å². The topological polar surface area (TPSA) is 64.9 Å². The first-order valence-corrected chi connectivity index (χ1v) is 3.73. The van der Waals surface area contributed by atoms with Crippen LogP contribution in [0, 0.1) is 6.92 Å². The highest BCUT2D eigenvalue weighted by molar-refractivity contribution is 4.83. The third-order valence-corrected chi connectivity index (χ3v) is 1.38.